The molecule has 2 N–H and O–H groups in total. The van der Waals surface area contributed by atoms with Gasteiger partial charge in [-0.1, -0.05) is 19.8 Å². The zero-order valence-electron chi connectivity index (χ0n) is 12.2. The fraction of sp³-hybridized carbons (Fsp3) is 0.857. The van der Waals surface area contributed by atoms with Crippen LogP contribution in [0.5, 0.6) is 0 Å². The highest BCUT2D eigenvalue weighted by Crippen LogP contribution is 2.33. The van der Waals surface area contributed by atoms with Gasteiger partial charge >= 0.3 is 5.97 Å². The third-order valence-electron chi connectivity index (χ3n) is 4.39. The van der Waals surface area contributed by atoms with Crippen LogP contribution in [0.1, 0.15) is 45.4 Å². The Morgan fingerprint density at radius 3 is 2.65 bits per heavy atom. The van der Waals surface area contributed by atoms with Gasteiger partial charge in [0.2, 0.25) is 5.91 Å². The molecule has 4 atom stereocenters. The third kappa shape index (κ3) is 3.85. The summed E-state index contributed by atoms with van der Waals surface area (Å²) in [6.45, 7) is 1.86. The quantitative estimate of drug-likeness (QED) is 0.770. The number of carbonyl (C=O) groups excluding carboxylic acids is 2. The number of methoxy groups -OCH3 is 1. The molecule has 1 amide bonds. The van der Waals surface area contributed by atoms with E-state index in [9.17, 15) is 9.59 Å². The Labute approximate surface area is 126 Å². The molecular weight excluding hydrogens is 280 g/mol. The van der Waals surface area contributed by atoms with E-state index in [0.717, 1.165) is 6.42 Å². The Kier molecular flexibility index (Phi) is 6.76. The predicted octanol–water partition coefficient (Wildman–Crippen LogP) is 1.40. The number of carbonyl (C=O) groups is 2. The summed E-state index contributed by atoms with van der Waals surface area (Å²) in [6.07, 6.45) is 6.36. The summed E-state index contributed by atoms with van der Waals surface area (Å²) in [5, 5.41) is 6.21. The van der Waals surface area contributed by atoms with Crippen molar-refractivity contribution in [1.29, 1.82) is 0 Å². The van der Waals surface area contributed by atoms with Crippen molar-refractivity contribution >= 4 is 24.3 Å². The highest BCUT2D eigenvalue weighted by Gasteiger charge is 2.38. The highest BCUT2D eigenvalue weighted by atomic mass is 35.5. The van der Waals surface area contributed by atoms with Crippen LogP contribution >= 0.6 is 12.4 Å². The minimum Gasteiger partial charge on any atom is -0.467 e. The van der Waals surface area contributed by atoms with Crippen LogP contribution in [-0.4, -0.2) is 37.1 Å². The number of fused-ring (bicyclic) bond motifs is 1. The van der Waals surface area contributed by atoms with Crippen molar-refractivity contribution in [2.75, 3.05) is 7.11 Å². The zero-order valence-corrected chi connectivity index (χ0v) is 13.0. The van der Waals surface area contributed by atoms with Crippen LogP contribution in [-0.2, 0) is 14.3 Å². The Bertz CT molecular complexity index is 337. The van der Waals surface area contributed by atoms with E-state index in [0.29, 0.717) is 18.4 Å². The molecule has 2 aliphatic rings. The molecule has 1 saturated carbocycles. The lowest BCUT2D eigenvalue weighted by Crippen LogP contribution is -2.49. The van der Waals surface area contributed by atoms with E-state index in [2.05, 4.69) is 15.4 Å². The SMILES string of the molecule is CCC(NC(=O)C1CC2CCCCC2N1)C(=O)OC.Cl. The molecule has 4 unspecified atom stereocenters. The standard InChI is InChI=1S/C14H24N2O3.ClH/c1-3-10(14(18)19-2)16-13(17)12-8-9-6-4-5-7-11(9)15-12;/h9-12,15H,3-8H2,1-2H3,(H,16,17);1H. The normalized spacial score (nSPS) is 29.8. The lowest BCUT2D eigenvalue weighted by molar-refractivity contribution is -0.145. The number of ether oxygens (including phenoxy) is 1. The number of amides is 1. The molecule has 1 aliphatic heterocycles. The minimum absolute atomic E-state index is 0. The molecule has 5 nitrogen and oxygen atoms in total. The molecule has 20 heavy (non-hydrogen) atoms. The summed E-state index contributed by atoms with van der Waals surface area (Å²) >= 11 is 0. The van der Waals surface area contributed by atoms with Gasteiger partial charge in [0.15, 0.2) is 0 Å². The fourth-order valence-electron chi connectivity index (χ4n) is 3.26. The Hall–Kier alpha value is -0.810. The van der Waals surface area contributed by atoms with Crippen LogP contribution in [0, 0.1) is 5.92 Å². The summed E-state index contributed by atoms with van der Waals surface area (Å²) in [7, 11) is 1.35. The number of hydrogen-bond acceptors (Lipinski definition) is 4. The highest BCUT2D eigenvalue weighted by molar-refractivity contribution is 5.87. The van der Waals surface area contributed by atoms with Gasteiger partial charge in [-0.25, -0.2) is 4.79 Å². The van der Waals surface area contributed by atoms with Gasteiger partial charge in [0.25, 0.3) is 0 Å². The van der Waals surface area contributed by atoms with Crippen molar-refractivity contribution in [3.05, 3.63) is 0 Å². The van der Waals surface area contributed by atoms with Gasteiger partial charge in [-0.15, -0.1) is 12.4 Å². The number of rotatable bonds is 4. The summed E-state index contributed by atoms with van der Waals surface area (Å²) in [6, 6.07) is -0.184. The first-order valence-corrected chi connectivity index (χ1v) is 7.30. The second-order valence-electron chi connectivity index (χ2n) is 5.60. The van der Waals surface area contributed by atoms with Gasteiger partial charge < -0.3 is 15.4 Å². The molecule has 0 aromatic rings. The van der Waals surface area contributed by atoms with Crippen molar-refractivity contribution in [3.8, 4) is 0 Å². The lowest BCUT2D eigenvalue weighted by atomic mass is 9.85. The zero-order chi connectivity index (χ0) is 13.8. The summed E-state index contributed by atoms with van der Waals surface area (Å²) in [5.74, 6) is 0.195. The van der Waals surface area contributed by atoms with Crippen LogP contribution in [0.15, 0.2) is 0 Å². The number of halogens is 1. The van der Waals surface area contributed by atoms with Gasteiger partial charge in [-0.3, -0.25) is 4.79 Å². The second-order valence-corrected chi connectivity index (χ2v) is 5.60. The summed E-state index contributed by atoms with van der Waals surface area (Å²) < 4.78 is 4.69. The van der Waals surface area contributed by atoms with Crippen molar-refractivity contribution < 1.29 is 14.3 Å². The Balaban J connectivity index is 0.00000200. The molecule has 1 aliphatic carbocycles. The molecule has 0 bridgehead atoms. The van der Waals surface area contributed by atoms with E-state index in [1.54, 1.807) is 0 Å². The van der Waals surface area contributed by atoms with E-state index in [4.69, 9.17) is 0 Å². The van der Waals surface area contributed by atoms with Gasteiger partial charge in [0.05, 0.1) is 13.2 Å². The maximum absolute atomic E-state index is 12.2. The molecule has 0 aromatic carbocycles. The van der Waals surface area contributed by atoms with Crippen molar-refractivity contribution in [2.24, 2.45) is 5.92 Å². The minimum atomic E-state index is -0.526. The van der Waals surface area contributed by atoms with Crippen molar-refractivity contribution in [3.63, 3.8) is 0 Å². The van der Waals surface area contributed by atoms with Gasteiger partial charge in [-0.05, 0) is 31.6 Å². The van der Waals surface area contributed by atoms with Crippen LogP contribution < -0.4 is 10.6 Å². The number of hydrogen-bond donors (Lipinski definition) is 2. The van der Waals surface area contributed by atoms with Gasteiger partial charge in [-0.2, -0.15) is 0 Å². The molecule has 1 heterocycles. The van der Waals surface area contributed by atoms with E-state index in [1.807, 2.05) is 6.92 Å². The van der Waals surface area contributed by atoms with E-state index >= 15 is 0 Å². The van der Waals surface area contributed by atoms with Crippen LogP contribution in [0.4, 0.5) is 0 Å². The molecule has 0 aromatic heterocycles. The fourth-order valence-corrected chi connectivity index (χ4v) is 3.26. The second kappa shape index (κ2) is 7.84. The van der Waals surface area contributed by atoms with Crippen LogP contribution in [0.25, 0.3) is 0 Å². The largest absolute Gasteiger partial charge is 0.467 e. The molecule has 116 valence electrons. The Morgan fingerprint density at radius 1 is 1.35 bits per heavy atom. The molecule has 0 spiro atoms. The number of nitrogens with one attached hydrogen (secondary N) is 2. The maximum Gasteiger partial charge on any atom is 0.328 e. The molecule has 2 rings (SSSR count). The summed E-state index contributed by atoms with van der Waals surface area (Å²) in [5.41, 5.74) is 0. The number of esters is 1. The van der Waals surface area contributed by atoms with Gasteiger partial charge in [0.1, 0.15) is 6.04 Å². The van der Waals surface area contributed by atoms with Gasteiger partial charge in [0, 0.05) is 6.04 Å². The smallest absolute Gasteiger partial charge is 0.328 e. The van der Waals surface area contributed by atoms with Crippen LogP contribution in [0.2, 0.25) is 0 Å². The van der Waals surface area contributed by atoms with Crippen molar-refractivity contribution in [1.82, 2.24) is 10.6 Å². The maximum atomic E-state index is 12.2. The first-order valence-electron chi connectivity index (χ1n) is 7.30. The predicted molar refractivity (Wildman–Crippen MR) is 78.8 cm³/mol. The topological polar surface area (TPSA) is 67.4 Å². The average molecular weight is 305 g/mol. The third-order valence-corrected chi connectivity index (χ3v) is 4.39. The first kappa shape index (κ1) is 17.2. The lowest BCUT2D eigenvalue weighted by Gasteiger charge is -2.24. The summed E-state index contributed by atoms with van der Waals surface area (Å²) in [4.78, 5) is 23.7. The Morgan fingerprint density at radius 2 is 2.05 bits per heavy atom. The molecule has 6 heteroatoms. The van der Waals surface area contributed by atoms with E-state index in [-0.39, 0.29) is 30.3 Å². The molecular formula is C14H25ClN2O3. The monoisotopic (exact) mass is 304 g/mol. The first-order chi connectivity index (χ1) is 9.15. The molecule has 1 saturated heterocycles. The van der Waals surface area contributed by atoms with Crippen molar-refractivity contribution in [2.45, 2.75) is 63.6 Å². The van der Waals surface area contributed by atoms with E-state index < -0.39 is 6.04 Å². The van der Waals surface area contributed by atoms with Crippen LogP contribution in [0.3, 0.4) is 0 Å². The molecule has 2 fully saturated rings. The van der Waals surface area contributed by atoms with E-state index in [1.165, 1.54) is 32.8 Å². The average Bonchev–Trinajstić information content (AvgIpc) is 2.87. The molecule has 0 radical (unpaired) electrons.